The number of methoxy groups -OCH3 is 2. The molecule has 31 heavy (non-hydrogen) atoms. The molecule has 1 aromatic carbocycles. The smallest absolute Gasteiger partial charge is 0.434 e. The Balaban J connectivity index is 0.00000480. The summed E-state index contributed by atoms with van der Waals surface area (Å²) < 4.78 is 48.4. The molecule has 6 nitrogen and oxygen atoms in total. The predicted octanol–water partition coefficient (Wildman–Crippen LogP) is 4.53. The summed E-state index contributed by atoms with van der Waals surface area (Å²) in [4.78, 5) is 8.16. The van der Waals surface area contributed by atoms with Gasteiger partial charge in [0.25, 0.3) is 0 Å². The molecule has 0 spiro atoms. The van der Waals surface area contributed by atoms with Gasteiger partial charge in [0, 0.05) is 31.4 Å². The number of thiazole rings is 1. The zero-order chi connectivity index (χ0) is 22.0. The van der Waals surface area contributed by atoms with Gasteiger partial charge in [-0.2, -0.15) is 13.2 Å². The monoisotopic (exact) mass is 572 g/mol. The van der Waals surface area contributed by atoms with Crippen LogP contribution in [0.15, 0.2) is 28.6 Å². The Morgan fingerprint density at radius 3 is 2.48 bits per heavy atom. The first kappa shape index (κ1) is 27.3. The number of halogens is 4. The molecule has 0 aliphatic carbocycles. The number of aromatic nitrogens is 1. The van der Waals surface area contributed by atoms with Crippen LogP contribution in [0.3, 0.4) is 0 Å². The second kappa shape index (κ2) is 13.6. The van der Waals surface area contributed by atoms with Crippen LogP contribution in [0.2, 0.25) is 0 Å². The van der Waals surface area contributed by atoms with Crippen LogP contribution in [0, 0.1) is 0 Å². The number of aryl methyl sites for hydroxylation is 1. The Hall–Kier alpha value is -1.76. The fourth-order valence-electron chi connectivity index (χ4n) is 2.70. The van der Waals surface area contributed by atoms with Crippen LogP contribution < -0.4 is 20.1 Å². The lowest BCUT2D eigenvalue weighted by Gasteiger charge is -2.11. The molecule has 2 aromatic rings. The van der Waals surface area contributed by atoms with Gasteiger partial charge in [0.15, 0.2) is 23.2 Å². The first-order valence-electron chi connectivity index (χ1n) is 9.62. The lowest BCUT2D eigenvalue weighted by atomic mass is 10.1. The van der Waals surface area contributed by atoms with E-state index in [1.54, 1.807) is 14.2 Å². The third-order valence-corrected chi connectivity index (χ3v) is 5.07. The molecule has 0 amide bonds. The Labute approximate surface area is 201 Å². The van der Waals surface area contributed by atoms with Gasteiger partial charge in [0.2, 0.25) is 0 Å². The van der Waals surface area contributed by atoms with E-state index in [1.807, 2.05) is 25.1 Å². The summed E-state index contributed by atoms with van der Waals surface area (Å²) in [6, 6.07) is 5.83. The second-order valence-corrected chi connectivity index (χ2v) is 7.30. The van der Waals surface area contributed by atoms with E-state index in [0.717, 1.165) is 35.1 Å². The number of nitrogens with one attached hydrogen (secondary N) is 2. The molecule has 0 fully saturated rings. The third-order valence-electron chi connectivity index (χ3n) is 4.16. The number of hydrogen-bond acceptors (Lipinski definition) is 5. The van der Waals surface area contributed by atoms with E-state index in [2.05, 4.69) is 20.6 Å². The first-order valence-corrected chi connectivity index (χ1v) is 10.5. The molecule has 2 N–H and O–H groups in total. The summed E-state index contributed by atoms with van der Waals surface area (Å²) >= 11 is 1.02. The lowest BCUT2D eigenvalue weighted by Crippen LogP contribution is -2.38. The minimum atomic E-state index is -4.40. The molecule has 0 unspecified atom stereocenters. The first-order chi connectivity index (χ1) is 14.4. The van der Waals surface area contributed by atoms with E-state index < -0.39 is 11.9 Å². The maximum atomic E-state index is 12.6. The van der Waals surface area contributed by atoms with Crippen molar-refractivity contribution in [3.63, 3.8) is 0 Å². The second-order valence-electron chi connectivity index (χ2n) is 6.35. The average Bonchev–Trinajstić information content (AvgIpc) is 3.20. The molecular formula is C20H28F3IN4O2S. The third kappa shape index (κ3) is 9.09. The number of rotatable bonds is 10. The summed E-state index contributed by atoms with van der Waals surface area (Å²) in [6.45, 7) is 3.71. The van der Waals surface area contributed by atoms with Crippen LogP contribution in [-0.4, -0.2) is 44.8 Å². The molecule has 0 radical (unpaired) electrons. The number of alkyl halides is 3. The van der Waals surface area contributed by atoms with Crippen LogP contribution in [0.1, 0.15) is 29.6 Å². The van der Waals surface area contributed by atoms with E-state index in [-0.39, 0.29) is 24.0 Å². The number of benzene rings is 1. The fraction of sp³-hybridized carbons (Fsp3) is 0.500. The summed E-state index contributed by atoms with van der Waals surface area (Å²) in [6.07, 6.45) is -2.32. The van der Waals surface area contributed by atoms with Gasteiger partial charge in [0.05, 0.1) is 19.2 Å². The van der Waals surface area contributed by atoms with E-state index in [0.29, 0.717) is 48.5 Å². The van der Waals surface area contributed by atoms with Crippen molar-refractivity contribution in [3.8, 4) is 11.5 Å². The number of aliphatic imine (C=N–C) groups is 1. The maximum absolute atomic E-state index is 12.6. The van der Waals surface area contributed by atoms with Crippen molar-refractivity contribution < 1.29 is 22.6 Å². The van der Waals surface area contributed by atoms with Crippen molar-refractivity contribution in [1.82, 2.24) is 15.6 Å². The maximum Gasteiger partial charge on any atom is 0.434 e. The number of guanidine groups is 1. The largest absolute Gasteiger partial charge is 0.493 e. The molecule has 0 atom stereocenters. The van der Waals surface area contributed by atoms with Gasteiger partial charge < -0.3 is 20.1 Å². The topological polar surface area (TPSA) is 67.8 Å². The van der Waals surface area contributed by atoms with E-state index >= 15 is 0 Å². The molecule has 0 aliphatic heterocycles. The zero-order valence-corrected chi connectivity index (χ0v) is 20.9. The van der Waals surface area contributed by atoms with Crippen molar-refractivity contribution in [3.05, 3.63) is 39.8 Å². The van der Waals surface area contributed by atoms with Crippen LogP contribution in [0.5, 0.6) is 11.5 Å². The van der Waals surface area contributed by atoms with Crippen molar-refractivity contribution in [2.75, 3.05) is 33.9 Å². The van der Waals surface area contributed by atoms with Crippen LogP contribution in [0.4, 0.5) is 13.2 Å². The lowest BCUT2D eigenvalue weighted by molar-refractivity contribution is -0.140. The van der Waals surface area contributed by atoms with Gasteiger partial charge in [-0.25, -0.2) is 4.98 Å². The fourth-order valence-corrected chi connectivity index (χ4v) is 3.50. The standard InChI is InChI=1S/C20H27F3N4O2S.HI/c1-4-24-19(26-11-9-18-27-17(13-30-18)20(21,22)23)25-10-5-6-14-7-8-15(28-2)16(12-14)29-3;/h7-8,12-13H,4-6,9-11H2,1-3H3,(H2,24,25,26);1H. The highest BCUT2D eigenvalue weighted by Crippen LogP contribution is 2.30. The van der Waals surface area contributed by atoms with Gasteiger partial charge in [-0.15, -0.1) is 35.3 Å². The van der Waals surface area contributed by atoms with Crippen molar-refractivity contribution in [2.45, 2.75) is 32.4 Å². The Bertz CT molecular complexity index is 831. The SMILES string of the molecule is CCNC(=NCCCc1ccc(OC)c(OC)c1)NCCc1nc(C(F)(F)F)cs1.I. The Morgan fingerprint density at radius 2 is 1.87 bits per heavy atom. The van der Waals surface area contributed by atoms with Gasteiger partial charge in [0.1, 0.15) is 0 Å². The molecule has 1 aromatic heterocycles. The highest BCUT2D eigenvalue weighted by atomic mass is 127. The van der Waals surface area contributed by atoms with Gasteiger partial charge in [-0.05, 0) is 37.5 Å². The molecular weight excluding hydrogens is 544 g/mol. The van der Waals surface area contributed by atoms with Crippen molar-refractivity contribution in [2.24, 2.45) is 4.99 Å². The summed E-state index contributed by atoms with van der Waals surface area (Å²) in [5, 5.41) is 7.76. The van der Waals surface area contributed by atoms with E-state index in [1.165, 1.54) is 0 Å². The molecule has 174 valence electrons. The number of nitrogens with zero attached hydrogens (tertiary/aromatic N) is 2. The Kier molecular flexibility index (Phi) is 12.0. The highest BCUT2D eigenvalue weighted by molar-refractivity contribution is 14.0. The van der Waals surface area contributed by atoms with E-state index in [4.69, 9.17) is 9.47 Å². The van der Waals surface area contributed by atoms with Crippen molar-refractivity contribution in [1.29, 1.82) is 0 Å². The summed E-state index contributed by atoms with van der Waals surface area (Å²) in [5.41, 5.74) is 0.295. The summed E-state index contributed by atoms with van der Waals surface area (Å²) in [5.74, 6) is 2.03. The number of ether oxygens (including phenoxy) is 2. The van der Waals surface area contributed by atoms with Gasteiger partial charge >= 0.3 is 6.18 Å². The molecule has 0 aliphatic rings. The molecule has 0 saturated carbocycles. The Morgan fingerprint density at radius 1 is 1.13 bits per heavy atom. The minimum absolute atomic E-state index is 0. The van der Waals surface area contributed by atoms with Crippen molar-refractivity contribution >= 4 is 41.3 Å². The molecule has 11 heteroatoms. The zero-order valence-electron chi connectivity index (χ0n) is 17.7. The molecule has 1 heterocycles. The summed E-state index contributed by atoms with van der Waals surface area (Å²) in [7, 11) is 3.21. The molecule has 0 saturated heterocycles. The van der Waals surface area contributed by atoms with Gasteiger partial charge in [-0.1, -0.05) is 6.07 Å². The van der Waals surface area contributed by atoms with Crippen LogP contribution >= 0.6 is 35.3 Å². The predicted molar refractivity (Wildman–Crippen MR) is 128 cm³/mol. The van der Waals surface area contributed by atoms with Crippen LogP contribution in [0.25, 0.3) is 0 Å². The minimum Gasteiger partial charge on any atom is -0.493 e. The van der Waals surface area contributed by atoms with E-state index in [9.17, 15) is 13.2 Å². The molecule has 0 bridgehead atoms. The normalized spacial score (nSPS) is 11.6. The quantitative estimate of drug-likeness (QED) is 0.190. The molecule has 2 rings (SSSR count). The highest BCUT2D eigenvalue weighted by Gasteiger charge is 2.33. The average molecular weight is 572 g/mol. The number of hydrogen-bond donors (Lipinski definition) is 2. The van der Waals surface area contributed by atoms with Crippen LogP contribution in [-0.2, 0) is 19.0 Å². The van der Waals surface area contributed by atoms with Gasteiger partial charge in [-0.3, -0.25) is 4.99 Å².